The largest absolute Gasteiger partial charge is 0.397 e. The SMILES string of the molecule is CO[Si](C)(OC)C1CCNC12CN2. The van der Waals surface area contributed by atoms with Crippen LogP contribution in [0.25, 0.3) is 0 Å². The minimum Gasteiger partial charge on any atom is -0.397 e. The van der Waals surface area contributed by atoms with E-state index in [-0.39, 0.29) is 5.66 Å². The zero-order valence-electron chi connectivity index (χ0n) is 8.52. The van der Waals surface area contributed by atoms with E-state index < -0.39 is 8.56 Å². The van der Waals surface area contributed by atoms with E-state index in [1.54, 1.807) is 14.2 Å². The molecule has 2 atom stereocenters. The van der Waals surface area contributed by atoms with Gasteiger partial charge in [0, 0.05) is 26.3 Å². The summed E-state index contributed by atoms with van der Waals surface area (Å²) in [6, 6.07) is 0. The maximum Gasteiger partial charge on any atom is 0.340 e. The van der Waals surface area contributed by atoms with Gasteiger partial charge in [0.25, 0.3) is 0 Å². The predicted molar refractivity (Wildman–Crippen MR) is 52.7 cm³/mol. The van der Waals surface area contributed by atoms with Crippen LogP contribution in [0.15, 0.2) is 0 Å². The van der Waals surface area contributed by atoms with E-state index in [0.29, 0.717) is 5.54 Å². The molecule has 1 spiro atoms. The lowest BCUT2D eigenvalue weighted by molar-refractivity contribution is 0.229. The van der Waals surface area contributed by atoms with Gasteiger partial charge in [-0.05, 0) is 19.5 Å². The van der Waals surface area contributed by atoms with E-state index in [2.05, 4.69) is 17.2 Å². The standard InChI is InChI=1S/C8H18N2O2Si/c1-11-13(3,12-2)7-4-5-9-8(7)6-10-8/h7,9-10H,4-6H2,1-3H3. The average molecular weight is 202 g/mol. The molecule has 13 heavy (non-hydrogen) atoms. The molecule has 2 rings (SSSR count). The van der Waals surface area contributed by atoms with Crippen molar-refractivity contribution in [3.05, 3.63) is 0 Å². The molecule has 0 amide bonds. The fourth-order valence-corrected chi connectivity index (χ4v) is 4.96. The lowest BCUT2D eigenvalue weighted by atomic mass is 10.2. The summed E-state index contributed by atoms with van der Waals surface area (Å²) >= 11 is 0. The Morgan fingerprint density at radius 2 is 1.92 bits per heavy atom. The Kier molecular flexibility index (Phi) is 2.24. The van der Waals surface area contributed by atoms with Crippen LogP contribution in [0.2, 0.25) is 12.1 Å². The fraction of sp³-hybridized carbons (Fsp3) is 1.00. The molecule has 0 aliphatic carbocycles. The molecule has 2 fully saturated rings. The normalized spacial score (nSPS) is 38.5. The number of nitrogens with one attached hydrogen (secondary N) is 2. The molecule has 2 saturated heterocycles. The minimum absolute atomic E-state index is 0.160. The van der Waals surface area contributed by atoms with Crippen molar-refractivity contribution < 1.29 is 8.85 Å². The van der Waals surface area contributed by atoms with Gasteiger partial charge >= 0.3 is 8.56 Å². The van der Waals surface area contributed by atoms with Crippen molar-refractivity contribution in [1.29, 1.82) is 0 Å². The molecule has 0 aromatic rings. The molecule has 5 heteroatoms. The highest BCUT2D eigenvalue weighted by molar-refractivity contribution is 6.68. The van der Waals surface area contributed by atoms with Crippen molar-refractivity contribution in [1.82, 2.24) is 10.6 Å². The van der Waals surface area contributed by atoms with Crippen LogP contribution in [0, 0.1) is 0 Å². The molecule has 2 N–H and O–H groups in total. The first-order chi connectivity index (χ1) is 6.17. The van der Waals surface area contributed by atoms with Crippen LogP contribution in [0.5, 0.6) is 0 Å². The monoisotopic (exact) mass is 202 g/mol. The molecule has 2 aliphatic heterocycles. The van der Waals surface area contributed by atoms with Crippen molar-refractivity contribution in [3.8, 4) is 0 Å². The molecule has 0 bridgehead atoms. The molecular formula is C8H18N2O2Si. The Balaban J connectivity index is 2.14. The fourth-order valence-electron chi connectivity index (χ4n) is 2.35. The summed E-state index contributed by atoms with van der Waals surface area (Å²) in [6.45, 7) is 4.28. The van der Waals surface area contributed by atoms with Crippen LogP contribution in [-0.4, -0.2) is 41.5 Å². The smallest absolute Gasteiger partial charge is 0.340 e. The molecule has 0 aromatic heterocycles. The second kappa shape index (κ2) is 3.03. The lowest BCUT2D eigenvalue weighted by Gasteiger charge is -2.32. The van der Waals surface area contributed by atoms with Gasteiger partial charge in [-0.3, -0.25) is 10.6 Å². The van der Waals surface area contributed by atoms with E-state index >= 15 is 0 Å². The van der Waals surface area contributed by atoms with Gasteiger partial charge in [-0.1, -0.05) is 0 Å². The molecule has 2 unspecified atom stereocenters. The van der Waals surface area contributed by atoms with Gasteiger partial charge in [0.2, 0.25) is 0 Å². The van der Waals surface area contributed by atoms with Crippen LogP contribution >= 0.6 is 0 Å². The molecule has 0 radical (unpaired) electrons. The van der Waals surface area contributed by atoms with Crippen LogP contribution in [0.4, 0.5) is 0 Å². The van der Waals surface area contributed by atoms with Gasteiger partial charge in [0.05, 0.1) is 5.66 Å². The zero-order valence-corrected chi connectivity index (χ0v) is 9.52. The summed E-state index contributed by atoms with van der Waals surface area (Å²) in [5, 5.41) is 6.89. The number of rotatable bonds is 3. The van der Waals surface area contributed by atoms with Crippen LogP contribution in [-0.2, 0) is 8.85 Å². The Morgan fingerprint density at radius 1 is 1.31 bits per heavy atom. The van der Waals surface area contributed by atoms with Gasteiger partial charge in [-0.15, -0.1) is 0 Å². The third kappa shape index (κ3) is 1.35. The van der Waals surface area contributed by atoms with Gasteiger partial charge in [0.1, 0.15) is 0 Å². The second-order valence-corrected chi connectivity index (χ2v) is 7.56. The first kappa shape index (κ1) is 9.61. The third-order valence-corrected chi connectivity index (χ3v) is 7.14. The molecule has 2 aliphatic rings. The predicted octanol–water partition coefficient (Wildman–Crippen LogP) is 0.0142. The first-order valence-electron chi connectivity index (χ1n) is 4.77. The highest BCUT2D eigenvalue weighted by atomic mass is 28.4. The van der Waals surface area contributed by atoms with E-state index in [1.807, 2.05) is 0 Å². The highest BCUT2D eigenvalue weighted by Crippen LogP contribution is 2.44. The summed E-state index contributed by atoms with van der Waals surface area (Å²) in [7, 11) is 1.57. The Hall–Kier alpha value is 0.0569. The van der Waals surface area contributed by atoms with Crippen LogP contribution < -0.4 is 10.6 Å². The maximum absolute atomic E-state index is 5.58. The summed E-state index contributed by atoms with van der Waals surface area (Å²) in [4.78, 5) is 0. The van der Waals surface area contributed by atoms with E-state index in [4.69, 9.17) is 8.85 Å². The van der Waals surface area contributed by atoms with E-state index in [1.165, 1.54) is 0 Å². The zero-order chi connectivity index (χ0) is 9.53. The van der Waals surface area contributed by atoms with Crippen molar-refractivity contribution in [2.24, 2.45) is 0 Å². The second-order valence-electron chi connectivity index (χ2n) is 4.02. The molecule has 0 aromatic carbocycles. The Bertz CT molecular complexity index is 204. The first-order valence-corrected chi connectivity index (χ1v) is 7.16. The van der Waals surface area contributed by atoms with Crippen molar-refractivity contribution in [2.45, 2.75) is 24.2 Å². The van der Waals surface area contributed by atoms with Gasteiger partial charge in [0.15, 0.2) is 0 Å². The summed E-state index contributed by atoms with van der Waals surface area (Å²) in [6.07, 6.45) is 1.16. The van der Waals surface area contributed by atoms with Gasteiger partial charge < -0.3 is 8.85 Å². The number of hydrogen-bond donors (Lipinski definition) is 2. The van der Waals surface area contributed by atoms with E-state index in [0.717, 1.165) is 19.5 Å². The molecule has 0 saturated carbocycles. The maximum atomic E-state index is 5.58. The topological polar surface area (TPSA) is 52.4 Å². The Morgan fingerprint density at radius 3 is 2.38 bits per heavy atom. The third-order valence-electron chi connectivity index (χ3n) is 3.47. The molecular weight excluding hydrogens is 184 g/mol. The minimum atomic E-state index is -1.96. The molecule has 76 valence electrons. The van der Waals surface area contributed by atoms with E-state index in [9.17, 15) is 0 Å². The molecule has 4 nitrogen and oxygen atoms in total. The van der Waals surface area contributed by atoms with Crippen molar-refractivity contribution in [2.75, 3.05) is 27.3 Å². The van der Waals surface area contributed by atoms with Gasteiger partial charge in [-0.25, -0.2) is 0 Å². The lowest BCUT2D eigenvalue weighted by Crippen LogP contribution is -2.49. The molecule has 2 heterocycles. The number of hydrogen-bond acceptors (Lipinski definition) is 4. The van der Waals surface area contributed by atoms with Crippen LogP contribution in [0.1, 0.15) is 6.42 Å². The highest BCUT2D eigenvalue weighted by Gasteiger charge is 2.61. The summed E-state index contributed by atoms with van der Waals surface area (Å²) in [5.74, 6) is 0. The Labute approximate surface area is 80.2 Å². The summed E-state index contributed by atoms with van der Waals surface area (Å²) in [5.41, 5.74) is 0.697. The average Bonchev–Trinajstić information content (AvgIpc) is 2.77. The van der Waals surface area contributed by atoms with Gasteiger partial charge in [-0.2, -0.15) is 0 Å². The quantitative estimate of drug-likeness (QED) is 0.500. The van der Waals surface area contributed by atoms with Crippen molar-refractivity contribution >= 4 is 8.56 Å². The summed E-state index contributed by atoms with van der Waals surface area (Å²) < 4.78 is 11.2. The van der Waals surface area contributed by atoms with Crippen LogP contribution in [0.3, 0.4) is 0 Å². The van der Waals surface area contributed by atoms with Crippen molar-refractivity contribution in [3.63, 3.8) is 0 Å².